The first-order valence-corrected chi connectivity index (χ1v) is 14.9. The molecule has 1 N–H and O–H groups in total. The molecule has 5 rings (SSSR count). The van der Waals surface area contributed by atoms with Crippen molar-refractivity contribution in [2.75, 3.05) is 25.0 Å². The third-order valence-electron chi connectivity index (χ3n) is 7.81. The number of nitrogens with one attached hydrogen (secondary N) is 1. The van der Waals surface area contributed by atoms with Crippen molar-refractivity contribution in [2.24, 2.45) is 0 Å². The molecule has 0 spiro atoms. The summed E-state index contributed by atoms with van der Waals surface area (Å²) in [4.78, 5) is 32.6. The molecule has 8 nitrogen and oxygen atoms in total. The third-order valence-corrected chi connectivity index (χ3v) is 12.3. The largest absolute Gasteiger partial charge is 0.413 e. The Morgan fingerprint density at radius 3 is 2.52 bits per heavy atom. The first-order valence-electron chi connectivity index (χ1n) is 12.0. The third kappa shape index (κ3) is 4.00. The van der Waals surface area contributed by atoms with Gasteiger partial charge in [0, 0.05) is 26.0 Å². The number of aromatic nitrogens is 2. The fourth-order valence-electron chi connectivity index (χ4n) is 4.52. The van der Waals surface area contributed by atoms with Gasteiger partial charge in [-0.25, -0.2) is 9.78 Å². The minimum Gasteiger partial charge on any atom is -0.413 e. The van der Waals surface area contributed by atoms with Gasteiger partial charge in [-0.1, -0.05) is 20.8 Å². The molecular weight excluding hydrogens is 434 g/mol. The molecule has 0 radical (unpaired) electrons. The van der Waals surface area contributed by atoms with Gasteiger partial charge in [0.15, 0.2) is 14.0 Å². The normalized spacial score (nSPS) is 24.5. The molecule has 0 bridgehead atoms. The van der Waals surface area contributed by atoms with Gasteiger partial charge >= 0.3 is 6.03 Å². The maximum Gasteiger partial charge on any atom is 0.331 e. The molecule has 3 amide bonds. The zero-order valence-electron chi connectivity index (χ0n) is 20.5. The molecule has 1 saturated carbocycles. The predicted octanol–water partition coefficient (Wildman–Crippen LogP) is 4.03. The van der Waals surface area contributed by atoms with Crippen LogP contribution < -0.4 is 10.2 Å². The summed E-state index contributed by atoms with van der Waals surface area (Å²) in [5, 5.41) is 3.77. The molecule has 178 valence electrons. The lowest BCUT2D eigenvalue weighted by atomic mass is 10.1. The topological polar surface area (TPSA) is 79.2 Å². The average Bonchev–Trinajstić information content (AvgIpc) is 3.24. The number of urea groups is 1. The van der Waals surface area contributed by atoms with Crippen LogP contribution in [-0.4, -0.2) is 60.8 Å². The number of imidazole rings is 1. The van der Waals surface area contributed by atoms with E-state index in [0.29, 0.717) is 5.92 Å². The Hall–Kier alpha value is -2.23. The Morgan fingerprint density at radius 2 is 1.91 bits per heavy atom. The van der Waals surface area contributed by atoms with Crippen molar-refractivity contribution in [2.45, 2.75) is 76.2 Å². The molecule has 3 fully saturated rings. The van der Waals surface area contributed by atoms with Crippen LogP contribution in [0.2, 0.25) is 18.1 Å². The summed E-state index contributed by atoms with van der Waals surface area (Å²) in [6.45, 7) is 12.3. The van der Waals surface area contributed by atoms with E-state index in [2.05, 4.69) is 57.6 Å². The lowest BCUT2D eigenvalue weighted by Gasteiger charge is -2.38. The number of hydrogen-bond donors (Lipinski definition) is 1. The van der Waals surface area contributed by atoms with E-state index in [4.69, 9.17) is 9.41 Å². The molecule has 2 aromatic heterocycles. The number of carbonyl (C=O) groups excluding carboxylic acids is 2. The second-order valence-corrected chi connectivity index (χ2v) is 16.1. The van der Waals surface area contributed by atoms with E-state index in [1.54, 1.807) is 4.90 Å². The van der Waals surface area contributed by atoms with Gasteiger partial charge in [-0.15, -0.1) is 0 Å². The Kier molecular flexibility index (Phi) is 5.22. The predicted molar refractivity (Wildman–Crippen MR) is 130 cm³/mol. The van der Waals surface area contributed by atoms with Crippen LogP contribution in [0.25, 0.3) is 5.65 Å². The molecule has 33 heavy (non-hydrogen) atoms. The van der Waals surface area contributed by atoms with Gasteiger partial charge in [0.2, 0.25) is 5.91 Å². The first kappa shape index (κ1) is 22.6. The van der Waals surface area contributed by atoms with Gasteiger partial charge in [0.25, 0.3) is 0 Å². The summed E-state index contributed by atoms with van der Waals surface area (Å²) < 4.78 is 8.68. The molecule has 0 aromatic carbocycles. The van der Waals surface area contributed by atoms with Gasteiger partial charge in [0.1, 0.15) is 6.54 Å². The van der Waals surface area contributed by atoms with Gasteiger partial charge < -0.3 is 14.1 Å². The van der Waals surface area contributed by atoms with Gasteiger partial charge in [0.05, 0.1) is 23.5 Å². The lowest BCUT2D eigenvalue weighted by molar-refractivity contribution is -0.123. The second-order valence-electron chi connectivity index (χ2n) is 11.3. The van der Waals surface area contributed by atoms with Crippen LogP contribution in [0, 0.1) is 0 Å². The molecule has 2 aromatic rings. The molecule has 4 heterocycles. The number of carbonyl (C=O) groups is 2. The molecule has 2 aliphatic heterocycles. The summed E-state index contributed by atoms with van der Waals surface area (Å²) in [5.74, 6) is 0.335. The number of anilines is 1. The van der Waals surface area contributed by atoms with Crippen molar-refractivity contribution in [3.63, 3.8) is 0 Å². The maximum absolute atomic E-state index is 12.7. The fraction of sp³-hybridized carbons (Fsp3) is 0.625. The number of hydrogen-bond acceptors (Lipinski definition) is 5. The Bertz CT molecular complexity index is 1120. The van der Waals surface area contributed by atoms with Crippen LogP contribution in [0.3, 0.4) is 0 Å². The van der Waals surface area contributed by atoms with E-state index in [0.717, 1.165) is 42.8 Å². The monoisotopic (exact) mass is 469 g/mol. The average molecular weight is 470 g/mol. The van der Waals surface area contributed by atoms with Crippen molar-refractivity contribution in [1.82, 2.24) is 19.6 Å². The molecule has 1 unspecified atom stereocenters. The number of imide groups is 1. The zero-order valence-corrected chi connectivity index (χ0v) is 21.5. The molecule has 2 atom stereocenters. The Morgan fingerprint density at radius 1 is 1.18 bits per heavy atom. The van der Waals surface area contributed by atoms with E-state index < -0.39 is 8.32 Å². The molecule has 9 heteroatoms. The van der Waals surface area contributed by atoms with E-state index in [9.17, 15) is 9.59 Å². The quantitative estimate of drug-likeness (QED) is 0.528. The minimum absolute atomic E-state index is 0.0609. The van der Waals surface area contributed by atoms with E-state index in [1.165, 1.54) is 17.5 Å². The van der Waals surface area contributed by atoms with Crippen molar-refractivity contribution in [1.29, 1.82) is 0 Å². The second kappa shape index (κ2) is 7.64. The van der Waals surface area contributed by atoms with Crippen LogP contribution in [0.4, 0.5) is 10.5 Å². The van der Waals surface area contributed by atoms with Crippen LogP contribution in [0.15, 0.2) is 18.5 Å². The van der Waals surface area contributed by atoms with Crippen LogP contribution >= 0.6 is 0 Å². The number of likely N-dealkylation sites (N-methyl/N-ethyl adjacent to an activating group) is 1. The van der Waals surface area contributed by atoms with Crippen LogP contribution in [0.1, 0.15) is 63.3 Å². The number of nitrogens with zero attached hydrogens (tertiary/aromatic N) is 4. The van der Waals surface area contributed by atoms with E-state index in [1.807, 2.05) is 4.40 Å². The maximum atomic E-state index is 12.7. The minimum atomic E-state index is -1.84. The van der Waals surface area contributed by atoms with Gasteiger partial charge in [-0.3, -0.25) is 14.6 Å². The molecule has 1 aliphatic carbocycles. The summed E-state index contributed by atoms with van der Waals surface area (Å²) in [5.41, 5.74) is 3.61. The number of amides is 3. The number of pyridine rings is 1. The van der Waals surface area contributed by atoms with Crippen molar-refractivity contribution < 1.29 is 14.0 Å². The summed E-state index contributed by atoms with van der Waals surface area (Å²) in [6, 6.07) is 1.87. The Labute approximate surface area is 196 Å². The summed E-state index contributed by atoms with van der Waals surface area (Å²) in [7, 11) is -0.303. The van der Waals surface area contributed by atoms with Gasteiger partial charge in [-0.2, -0.15) is 0 Å². The van der Waals surface area contributed by atoms with Crippen molar-refractivity contribution in [3.05, 3.63) is 29.7 Å². The van der Waals surface area contributed by atoms with Crippen LogP contribution in [-0.2, 0) is 9.22 Å². The number of fused-ring (bicyclic) bond motifs is 1. The highest BCUT2D eigenvalue weighted by Gasteiger charge is 2.41. The number of rotatable bonds is 5. The summed E-state index contributed by atoms with van der Waals surface area (Å²) >= 11 is 0. The summed E-state index contributed by atoms with van der Waals surface area (Å²) in [6.07, 6.45) is 7.59. The highest BCUT2D eigenvalue weighted by Crippen LogP contribution is 2.43. The van der Waals surface area contributed by atoms with Crippen LogP contribution in [0.5, 0.6) is 0 Å². The van der Waals surface area contributed by atoms with E-state index in [-0.39, 0.29) is 35.7 Å². The fourth-order valence-corrected chi connectivity index (χ4v) is 5.89. The molecule has 2 saturated heterocycles. The first-order chi connectivity index (χ1) is 15.4. The lowest BCUT2D eigenvalue weighted by Crippen LogP contribution is -2.44. The SMILES string of the molecule is CN1C(=O)CN(c2cc(C3CC3)cn3cc([C@H]4CC(O[Si](C)(C)C(C)(C)C)CN4)nc23)C1=O. The van der Waals surface area contributed by atoms with Gasteiger partial charge in [-0.05, 0) is 54.9 Å². The van der Waals surface area contributed by atoms with Crippen molar-refractivity contribution >= 4 is 31.6 Å². The molecular formula is C24H35N5O3Si. The van der Waals surface area contributed by atoms with E-state index >= 15 is 0 Å². The standard InChI is InChI=1S/C24H35N5O3Si/c1-24(2,3)33(5,6)32-17-10-18(25-11-17)19-13-28-12-16(15-7-8-15)9-20(22(28)26-19)29-14-21(30)27(4)23(29)31/h9,12-13,15,17-18,25H,7-8,10-11,14H2,1-6H3/t17?,18-/m1/s1. The highest BCUT2D eigenvalue weighted by molar-refractivity contribution is 6.74. The highest BCUT2D eigenvalue weighted by atomic mass is 28.4. The molecule has 3 aliphatic rings. The van der Waals surface area contributed by atoms with Crippen molar-refractivity contribution in [3.8, 4) is 0 Å². The Balaban J connectivity index is 1.44. The zero-order chi connectivity index (χ0) is 23.7. The smallest absolute Gasteiger partial charge is 0.331 e.